The maximum Gasteiger partial charge on any atom is 0.290 e. The van der Waals surface area contributed by atoms with Crippen LogP contribution in [0, 0.1) is 12.8 Å². The summed E-state index contributed by atoms with van der Waals surface area (Å²) in [5.74, 6) is 0.526. The van der Waals surface area contributed by atoms with Crippen LogP contribution in [0.3, 0.4) is 0 Å². The number of fused-ring (bicyclic) bond motifs is 1. The zero-order valence-electron chi connectivity index (χ0n) is 13.8. The summed E-state index contributed by atoms with van der Waals surface area (Å²) < 4.78 is 1.58. The normalized spacial score (nSPS) is 20.9. The van der Waals surface area contributed by atoms with Gasteiger partial charge in [0.15, 0.2) is 0 Å². The molecule has 4 rings (SSSR count). The first kappa shape index (κ1) is 15.7. The van der Waals surface area contributed by atoms with E-state index in [-0.39, 0.29) is 29.8 Å². The number of aryl methyl sites for hydroxylation is 1. The lowest BCUT2D eigenvalue weighted by Crippen LogP contribution is -2.41. The van der Waals surface area contributed by atoms with Crippen molar-refractivity contribution in [2.75, 3.05) is 0 Å². The number of aliphatic hydroxyl groups is 1. The van der Waals surface area contributed by atoms with Gasteiger partial charge in [0.1, 0.15) is 0 Å². The second-order valence-corrected chi connectivity index (χ2v) is 6.51. The highest BCUT2D eigenvalue weighted by Gasteiger charge is 2.36. The molecule has 0 unspecified atom stereocenters. The minimum Gasteiger partial charge on any atom is -0.393 e. The van der Waals surface area contributed by atoms with E-state index in [1.807, 2.05) is 43.3 Å². The van der Waals surface area contributed by atoms with Crippen molar-refractivity contribution >= 4 is 11.7 Å². The molecule has 7 heteroatoms. The van der Waals surface area contributed by atoms with Crippen molar-refractivity contribution in [2.24, 2.45) is 5.92 Å². The van der Waals surface area contributed by atoms with E-state index in [9.17, 15) is 9.90 Å². The highest BCUT2D eigenvalue weighted by Crippen LogP contribution is 2.38. The molecule has 1 aliphatic carbocycles. The Hall–Kier alpha value is -2.80. The van der Waals surface area contributed by atoms with E-state index in [4.69, 9.17) is 0 Å². The standard InChI is InChI=1S/C18H19N5O2/c1-11-7-8-23-16(21-22-18(23)19-11)17(25)20-15(13-9-14(24)10-13)12-5-3-2-4-6-12/h2-8,13-15,24H,9-10H2,1H3,(H,20,25)/t13?,14?,15-/m1/s1. The van der Waals surface area contributed by atoms with E-state index in [1.54, 1.807) is 10.6 Å². The Labute approximate surface area is 144 Å². The molecule has 2 aromatic heterocycles. The van der Waals surface area contributed by atoms with Gasteiger partial charge < -0.3 is 10.4 Å². The highest BCUT2D eigenvalue weighted by atomic mass is 16.3. The average molecular weight is 337 g/mol. The molecule has 2 heterocycles. The fraction of sp³-hybridized carbons (Fsp3) is 0.333. The third kappa shape index (κ3) is 2.98. The zero-order chi connectivity index (χ0) is 17.4. The number of rotatable bonds is 4. The number of hydrogen-bond donors (Lipinski definition) is 2. The molecule has 1 aromatic carbocycles. The van der Waals surface area contributed by atoms with Crippen LogP contribution in [0.15, 0.2) is 42.6 Å². The molecule has 25 heavy (non-hydrogen) atoms. The molecular formula is C18H19N5O2. The fourth-order valence-electron chi connectivity index (χ4n) is 3.27. The minimum atomic E-state index is -0.298. The average Bonchev–Trinajstić information content (AvgIpc) is 3.01. The Morgan fingerprint density at radius 1 is 1.24 bits per heavy atom. The molecule has 2 N–H and O–H groups in total. The second-order valence-electron chi connectivity index (χ2n) is 6.51. The first-order valence-electron chi connectivity index (χ1n) is 8.34. The van der Waals surface area contributed by atoms with Crippen LogP contribution in [-0.2, 0) is 0 Å². The van der Waals surface area contributed by atoms with Crippen LogP contribution in [0.25, 0.3) is 5.78 Å². The Morgan fingerprint density at radius 3 is 2.72 bits per heavy atom. The largest absolute Gasteiger partial charge is 0.393 e. The van der Waals surface area contributed by atoms with Crippen molar-refractivity contribution in [3.63, 3.8) is 0 Å². The number of aromatic nitrogens is 4. The van der Waals surface area contributed by atoms with Gasteiger partial charge in [-0.1, -0.05) is 30.3 Å². The van der Waals surface area contributed by atoms with Crippen molar-refractivity contribution in [1.29, 1.82) is 0 Å². The molecule has 0 bridgehead atoms. The molecule has 0 radical (unpaired) electrons. The molecule has 1 fully saturated rings. The predicted octanol–water partition coefficient (Wildman–Crippen LogP) is 1.67. The van der Waals surface area contributed by atoms with Crippen LogP contribution in [0.4, 0.5) is 0 Å². The van der Waals surface area contributed by atoms with Gasteiger partial charge >= 0.3 is 0 Å². The van der Waals surface area contributed by atoms with Crippen LogP contribution < -0.4 is 5.32 Å². The summed E-state index contributed by atoms with van der Waals surface area (Å²) in [6, 6.07) is 11.5. The molecule has 0 saturated heterocycles. The summed E-state index contributed by atoms with van der Waals surface area (Å²) >= 11 is 0. The Kier molecular flexibility index (Phi) is 3.93. The number of benzene rings is 1. The van der Waals surface area contributed by atoms with Crippen LogP contribution in [0.2, 0.25) is 0 Å². The van der Waals surface area contributed by atoms with E-state index in [0.717, 1.165) is 11.3 Å². The summed E-state index contributed by atoms with van der Waals surface area (Å²) in [4.78, 5) is 17.1. The maximum atomic E-state index is 12.8. The summed E-state index contributed by atoms with van der Waals surface area (Å²) in [6.45, 7) is 1.86. The number of carbonyl (C=O) groups excluding carboxylic acids is 1. The molecule has 0 aliphatic heterocycles. The quantitative estimate of drug-likeness (QED) is 0.755. The Balaban J connectivity index is 1.61. The predicted molar refractivity (Wildman–Crippen MR) is 90.9 cm³/mol. The fourth-order valence-corrected chi connectivity index (χ4v) is 3.27. The molecule has 1 aliphatic rings. The lowest BCUT2D eigenvalue weighted by Gasteiger charge is -2.38. The van der Waals surface area contributed by atoms with Crippen molar-refractivity contribution in [1.82, 2.24) is 24.9 Å². The summed E-state index contributed by atoms with van der Waals surface area (Å²) in [5.41, 5.74) is 1.84. The highest BCUT2D eigenvalue weighted by molar-refractivity contribution is 5.91. The zero-order valence-corrected chi connectivity index (χ0v) is 13.8. The van der Waals surface area contributed by atoms with Gasteiger partial charge in [0.05, 0.1) is 12.1 Å². The molecular weight excluding hydrogens is 318 g/mol. The SMILES string of the molecule is Cc1ccn2c(C(=O)N[C@H](c3ccccc3)C3CC(O)C3)nnc2n1. The van der Waals surface area contributed by atoms with E-state index in [0.29, 0.717) is 18.6 Å². The maximum absolute atomic E-state index is 12.8. The number of carbonyl (C=O) groups is 1. The van der Waals surface area contributed by atoms with Gasteiger partial charge in [0.25, 0.3) is 11.7 Å². The molecule has 7 nitrogen and oxygen atoms in total. The molecule has 3 aromatic rings. The number of hydrogen-bond acceptors (Lipinski definition) is 5. The number of nitrogens with zero attached hydrogens (tertiary/aromatic N) is 4. The summed E-state index contributed by atoms with van der Waals surface area (Å²) in [7, 11) is 0. The Morgan fingerprint density at radius 2 is 2.00 bits per heavy atom. The third-order valence-corrected chi connectivity index (χ3v) is 4.69. The van der Waals surface area contributed by atoms with Gasteiger partial charge in [-0.05, 0) is 37.3 Å². The van der Waals surface area contributed by atoms with Gasteiger partial charge in [0, 0.05) is 11.9 Å². The number of amides is 1. The second kappa shape index (κ2) is 6.25. The van der Waals surface area contributed by atoms with Crippen molar-refractivity contribution in [3.05, 3.63) is 59.7 Å². The van der Waals surface area contributed by atoms with Gasteiger partial charge in [-0.3, -0.25) is 9.20 Å². The minimum absolute atomic E-state index is 0.164. The van der Waals surface area contributed by atoms with Crippen LogP contribution in [-0.4, -0.2) is 36.7 Å². The topological polar surface area (TPSA) is 92.4 Å². The van der Waals surface area contributed by atoms with Crippen molar-refractivity contribution in [2.45, 2.75) is 31.9 Å². The summed E-state index contributed by atoms with van der Waals surface area (Å²) in [6.07, 6.45) is 2.83. The van der Waals surface area contributed by atoms with Crippen LogP contribution in [0.1, 0.15) is 40.8 Å². The van der Waals surface area contributed by atoms with E-state index in [1.165, 1.54) is 0 Å². The van der Waals surface area contributed by atoms with Crippen LogP contribution in [0.5, 0.6) is 0 Å². The van der Waals surface area contributed by atoms with Gasteiger partial charge in [-0.25, -0.2) is 4.98 Å². The van der Waals surface area contributed by atoms with Crippen molar-refractivity contribution < 1.29 is 9.90 Å². The molecule has 1 saturated carbocycles. The van der Waals surface area contributed by atoms with Crippen LogP contribution >= 0.6 is 0 Å². The number of nitrogens with one attached hydrogen (secondary N) is 1. The van der Waals surface area contributed by atoms with Gasteiger partial charge in [-0.2, -0.15) is 0 Å². The number of aliphatic hydroxyl groups excluding tert-OH is 1. The molecule has 0 spiro atoms. The molecule has 1 atom stereocenters. The summed E-state index contributed by atoms with van der Waals surface area (Å²) in [5, 5.41) is 20.7. The monoisotopic (exact) mass is 337 g/mol. The van der Waals surface area contributed by atoms with E-state index >= 15 is 0 Å². The van der Waals surface area contributed by atoms with E-state index in [2.05, 4.69) is 20.5 Å². The van der Waals surface area contributed by atoms with E-state index < -0.39 is 0 Å². The molecule has 128 valence electrons. The third-order valence-electron chi connectivity index (χ3n) is 4.69. The lowest BCUT2D eigenvalue weighted by atomic mass is 9.75. The smallest absolute Gasteiger partial charge is 0.290 e. The van der Waals surface area contributed by atoms with Crippen molar-refractivity contribution in [3.8, 4) is 0 Å². The lowest BCUT2D eigenvalue weighted by molar-refractivity contribution is 0.0234. The molecule has 1 amide bonds. The Bertz CT molecular complexity index is 902. The first-order valence-corrected chi connectivity index (χ1v) is 8.34. The van der Waals surface area contributed by atoms with Gasteiger partial charge in [0.2, 0.25) is 5.82 Å². The first-order chi connectivity index (χ1) is 12.1. The van der Waals surface area contributed by atoms with Gasteiger partial charge in [-0.15, -0.1) is 10.2 Å².